The van der Waals surface area contributed by atoms with Crippen LogP contribution in [-0.2, 0) is 24.8 Å². The molecule has 0 bridgehead atoms. The summed E-state index contributed by atoms with van der Waals surface area (Å²) < 4.78 is 58.6. The van der Waals surface area contributed by atoms with Crippen LogP contribution in [0.3, 0.4) is 0 Å². The highest BCUT2D eigenvalue weighted by Gasteiger charge is 2.31. The normalized spacial score (nSPS) is 12.5. The summed E-state index contributed by atoms with van der Waals surface area (Å²) in [6, 6.07) is 10.1. The zero-order valence-electron chi connectivity index (χ0n) is 18.8. The van der Waals surface area contributed by atoms with Crippen molar-refractivity contribution in [3.05, 3.63) is 65.9 Å². The van der Waals surface area contributed by atoms with E-state index in [9.17, 15) is 21.6 Å². The summed E-state index contributed by atoms with van der Waals surface area (Å²) in [6.07, 6.45) is 3.74. The molecule has 0 aliphatic rings. The van der Waals surface area contributed by atoms with E-state index in [0.717, 1.165) is 10.6 Å². The van der Waals surface area contributed by atoms with Crippen molar-refractivity contribution in [2.45, 2.75) is 17.9 Å². The van der Waals surface area contributed by atoms with Crippen molar-refractivity contribution in [1.82, 2.24) is 9.97 Å². The van der Waals surface area contributed by atoms with Gasteiger partial charge < -0.3 is 10.1 Å². The quantitative estimate of drug-likeness (QED) is 0.421. The molecule has 0 saturated carbocycles. The number of carbonyl (C=O) groups excluding carboxylic acids is 1. The Labute approximate surface area is 208 Å². The third-order valence-electron chi connectivity index (χ3n) is 4.69. The Morgan fingerprint density at radius 2 is 1.69 bits per heavy atom. The van der Waals surface area contributed by atoms with Gasteiger partial charge >= 0.3 is 0 Å². The van der Waals surface area contributed by atoms with E-state index in [4.69, 9.17) is 16.3 Å². The Balaban J connectivity index is 1.81. The number of sulfonamides is 2. The SMILES string of the molecule is COc1ccc(Cl)cc1N([C@@H](C)C(=O)Nc1ccc(S(=O)(=O)Nc2ncccn2)cc1)S(C)(=O)=O. The molecule has 0 radical (unpaired) electrons. The third kappa shape index (κ3) is 6.38. The van der Waals surface area contributed by atoms with E-state index < -0.39 is 32.0 Å². The van der Waals surface area contributed by atoms with Gasteiger partial charge in [0.25, 0.3) is 10.0 Å². The first-order valence-corrected chi connectivity index (χ1v) is 13.7. The highest BCUT2D eigenvalue weighted by Crippen LogP contribution is 2.34. The number of ether oxygens (including phenoxy) is 1. The smallest absolute Gasteiger partial charge is 0.264 e. The summed E-state index contributed by atoms with van der Waals surface area (Å²) in [5.41, 5.74) is 0.351. The number of benzene rings is 2. The first kappa shape index (κ1) is 26.2. The molecule has 3 rings (SSSR count). The molecular weight excluding hydrogens is 518 g/mol. The minimum absolute atomic E-state index is 0.0857. The molecule has 1 amide bonds. The fraction of sp³-hybridized carbons (Fsp3) is 0.190. The molecule has 14 heteroatoms. The molecule has 0 aliphatic heterocycles. The number of rotatable bonds is 9. The van der Waals surface area contributed by atoms with Crippen LogP contribution in [0.4, 0.5) is 17.3 Å². The number of hydrogen-bond acceptors (Lipinski definition) is 8. The molecule has 0 unspecified atom stereocenters. The minimum atomic E-state index is -3.96. The summed E-state index contributed by atoms with van der Waals surface area (Å²) in [5.74, 6) is -0.538. The van der Waals surface area contributed by atoms with E-state index in [-0.39, 0.29) is 33.0 Å². The summed E-state index contributed by atoms with van der Waals surface area (Å²) in [7, 11) is -6.52. The average molecular weight is 540 g/mol. The van der Waals surface area contributed by atoms with Gasteiger partial charge in [-0.05, 0) is 55.5 Å². The topological polar surface area (TPSA) is 148 Å². The molecule has 1 aromatic heterocycles. The van der Waals surface area contributed by atoms with Crippen molar-refractivity contribution in [1.29, 1.82) is 0 Å². The molecule has 186 valence electrons. The molecule has 2 aromatic carbocycles. The Kier molecular flexibility index (Phi) is 7.83. The summed E-state index contributed by atoms with van der Waals surface area (Å²) >= 11 is 6.05. The van der Waals surface area contributed by atoms with E-state index in [1.165, 1.54) is 68.9 Å². The van der Waals surface area contributed by atoms with E-state index in [1.54, 1.807) is 6.07 Å². The predicted octanol–water partition coefficient (Wildman–Crippen LogP) is 2.73. The second-order valence-electron chi connectivity index (χ2n) is 7.24. The van der Waals surface area contributed by atoms with E-state index in [0.29, 0.717) is 0 Å². The standard InChI is InChI=1S/C21H22ClN5O6S2/c1-14(27(34(3,29)30)18-13-15(22)5-10-19(18)33-2)20(28)25-16-6-8-17(9-7-16)35(31,32)26-21-23-11-4-12-24-21/h4-14H,1-3H3,(H,25,28)(H,23,24,26)/t14-/m0/s1. The van der Waals surface area contributed by atoms with Gasteiger partial charge in [-0.3, -0.25) is 9.10 Å². The van der Waals surface area contributed by atoms with Gasteiger partial charge in [-0.2, -0.15) is 0 Å². The van der Waals surface area contributed by atoms with Crippen LogP contribution in [0, 0.1) is 0 Å². The summed E-state index contributed by atoms with van der Waals surface area (Å²) in [5, 5.41) is 2.84. The maximum absolute atomic E-state index is 12.9. The number of amides is 1. The lowest BCUT2D eigenvalue weighted by molar-refractivity contribution is -0.116. The van der Waals surface area contributed by atoms with Gasteiger partial charge in [0.05, 0.1) is 23.9 Å². The fourth-order valence-electron chi connectivity index (χ4n) is 3.11. The Bertz CT molecular complexity index is 1420. The molecule has 3 aromatic rings. The van der Waals surface area contributed by atoms with E-state index in [2.05, 4.69) is 20.0 Å². The largest absolute Gasteiger partial charge is 0.495 e. The molecule has 0 fully saturated rings. The maximum Gasteiger partial charge on any atom is 0.264 e. The number of halogens is 1. The second-order valence-corrected chi connectivity index (χ2v) is 11.2. The van der Waals surface area contributed by atoms with Crippen molar-refractivity contribution >= 4 is 54.9 Å². The lowest BCUT2D eigenvalue weighted by Gasteiger charge is -2.29. The lowest BCUT2D eigenvalue weighted by Crippen LogP contribution is -2.45. The van der Waals surface area contributed by atoms with Crippen LogP contribution in [0.1, 0.15) is 6.92 Å². The lowest BCUT2D eigenvalue weighted by atomic mass is 10.2. The number of anilines is 3. The van der Waals surface area contributed by atoms with Crippen molar-refractivity contribution < 1.29 is 26.4 Å². The molecule has 11 nitrogen and oxygen atoms in total. The van der Waals surface area contributed by atoms with E-state index >= 15 is 0 Å². The van der Waals surface area contributed by atoms with Crippen LogP contribution in [0.5, 0.6) is 5.75 Å². The van der Waals surface area contributed by atoms with Gasteiger partial charge in [0.2, 0.25) is 21.9 Å². The number of carbonyl (C=O) groups is 1. The van der Waals surface area contributed by atoms with Gasteiger partial charge in [0.15, 0.2) is 0 Å². The molecule has 1 heterocycles. The Morgan fingerprint density at radius 3 is 2.26 bits per heavy atom. The zero-order valence-corrected chi connectivity index (χ0v) is 21.2. The van der Waals surface area contributed by atoms with Crippen molar-refractivity contribution in [3.8, 4) is 5.75 Å². The summed E-state index contributed by atoms with van der Waals surface area (Å²) in [6.45, 7) is 1.40. The monoisotopic (exact) mass is 539 g/mol. The molecular formula is C21H22ClN5O6S2. The molecule has 0 spiro atoms. The zero-order chi connectivity index (χ0) is 25.8. The molecule has 0 aliphatic carbocycles. The average Bonchev–Trinajstić information content (AvgIpc) is 2.79. The predicted molar refractivity (Wildman–Crippen MR) is 133 cm³/mol. The first-order valence-electron chi connectivity index (χ1n) is 9.96. The highest BCUT2D eigenvalue weighted by atomic mass is 35.5. The first-order chi connectivity index (χ1) is 16.4. The Morgan fingerprint density at radius 1 is 1.06 bits per heavy atom. The van der Waals surface area contributed by atoms with Crippen molar-refractivity contribution in [2.24, 2.45) is 0 Å². The van der Waals surface area contributed by atoms with Gasteiger partial charge in [-0.25, -0.2) is 31.5 Å². The number of aromatic nitrogens is 2. The molecule has 2 N–H and O–H groups in total. The molecule has 35 heavy (non-hydrogen) atoms. The third-order valence-corrected chi connectivity index (χ3v) is 7.50. The number of nitrogens with one attached hydrogen (secondary N) is 2. The maximum atomic E-state index is 12.9. The van der Waals surface area contributed by atoms with Crippen LogP contribution >= 0.6 is 11.6 Å². The van der Waals surface area contributed by atoms with Gasteiger partial charge in [-0.15, -0.1) is 0 Å². The van der Waals surface area contributed by atoms with Gasteiger partial charge in [-0.1, -0.05) is 11.6 Å². The van der Waals surface area contributed by atoms with Crippen LogP contribution in [0.2, 0.25) is 5.02 Å². The second kappa shape index (κ2) is 10.5. The fourth-order valence-corrected chi connectivity index (χ4v) is 5.41. The number of hydrogen-bond donors (Lipinski definition) is 2. The van der Waals surface area contributed by atoms with Crippen LogP contribution < -0.4 is 19.1 Å². The summed E-state index contributed by atoms with van der Waals surface area (Å²) in [4.78, 5) is 20.5. The molecule has 0 saturated heterocycles. The van der Waals surface area contributed by atoms with Crippen LogP contribution in [0.25, 0.3) is 0 Å². The number of nitrogens with zero attached hydrogens (tertiary/aromatic N) is 3. The van der Waals surface area contributed by atoms with Gasteiger partial charge in [0.1, 0.15) is 11.8 Å². The number of methoxy groups -OCH3 is 1. The van der Waals surface area contributed by atoms with Crippen molar-refractivity contribution in [2.75, 3.05) is 27.7 Å². The van der Waals surface area contributed by atoms with Crippen LogP contribution in [0.15, 0.2) is 65.8 Å². The van der Waals surface area contributed by atoms with Crippen LogP contribution in [-0.4, -0.2) is 52.1 Å². The van der Waals surface area contributed by atoms with E-state index in [1.807, 2.05) is 0 Å². The Hall–Kier alpha value is -3.42. The minimum Gasteiger partial charge on any atom is -0.495 e. The molecule has 1 atom stereocenters. The van der Waals surface area contributed by atoms with Crippen molar-refractivity contribution in [3.63, 3.8) is 0 Å². The highest BCUT2D eigenvalue weighted by molar-refractivity contribution is 7.92. The van der Waals surface area contributed by atoms with Gasteiger partial charge in [0, 0.05) is 23.1 Å².